The van der Waals surface area contributed by atoms with Gasteiger partial charge in [-0.3, -0.25) is 0 Å². The number of hydrogen-bond acceptors (Lipinski definition) is 4. The maximum Gasteiger partial charge on any atom is 0.383 e. The van der Waals surface area contributed by atoms with Crippen LogP contribution in [0.5, 0.6) is 5.75 Å². The van der Waals surface area contributed by atoms with Crippen molar-refractivity contribution in [1.29, 1.82) is 0 Å². The van der Waals surface area contributed by atoms with Crippen molar-refractivity contribution in [3.63, 3.8) is 0 Å². The number of esters is 1. The summed E-state index contributed by atoms with van der Waals surface area (Å²) in [5, 5.41) is 10.7. The van der Waals surface area contributed by atoms with Gasteiger partial charge < -0.3 is 14.6 Å². The van der Waals surface area contributed by atoms with Crippen molar-refractivity contribution in [2.45, 2.75) is 32.0 Å². The maximum absolute atomic E-state index is 12.1. The standard InChI is InChI=1S/C21H22O4/c1-20(2,3)15-10-11-18-16(12-15)17(14-8-6-5-7-9-14)13-21(23,25-18)19(22)24-4/h5-13,23H,1-4H3/t21-/m0/s1. The monoisotopic (exact) mass is 338 g/mol. The van der Waals surface area contributed by atoms with Gasteiger partial charge in [-0.15, -0.1) is 0 Å². The van der Waals surface area contributed by atoms with Crippen LogP contribution in [-0.4, -0.2) is 24.0 Å². The van der Waals surface area contributed by atoms with E-state index in [0.29, 0.717) is 5.75 Å². The molecule has 0 fully saturated rings. The van der Waals surface area contributed by atoms with Gasteiger partial charge in [-0.25, -0.2) is 4.79 Å². The van der Waals surface area contributed by atoms with E-state index in [2.05, 4.69) is 20.8 Å². The van der Waals surface area contributed by atoms with E-state index in [1.54, 1.807) is 6.07 Å². The molecule has 0 saturated carbocycles. The molecule has 2 aromatic rings. The zero-order valence-electron chi connectivity index (χ0n) is 14.9. The molecular weight excluding hydrogens is 316 g/mol. The Balaban J connectivity index is 2.22. The Hall–Kier alpha value is -2.59. The quantitative estimate of drug-likeness (QED) is 0.849. The van der Waals surface area contributed by atoms with Crippen molar-refractivity contribution in [3.8, 4) is 5.75 Å². The molecular formula is C21H22O4. The lowest BCUT2D eigenvalue weighted by atomic mass is 9.83. The van der Waals surface area contributed by atoms with Gasteiger partial charge in [-0.05, 0) is 34.2 Å². The molecule has 130 valence electrons. The number of carbonyl (C=O) groups is 1. The van der Waals surface area contributed by atoms with Gasteiger partial charge in [-0.2, -0.15) is 0 Å². The molecule has 1 N–H and O–H groups in total. The number of hydrogen-bond donors (Lipinski definition) is 1. The molecule has 0 radical (unpaired) electrons. The summed E-state index contributed by atoms with van der Waals surface area (Å²) >= 11 is 0. The fourth-order valence-corrected chi connectivity index (χ4v) is 2.87. The number of carbonyl (C=O) groups excluding carboxylic acids is 1. The minimum Gasteiger partial charge on any atom is -0.464 e. The van der Waals surface area contributed by atoms with Gasteiger partial charge in [0.2, 0.25) is 0 Å². The molecule has 1 aliphatic heterocycles. The van der Waals surface area contributed by atoms with E-state index >= 15 is 0 Å². The predicted molar refractivity (Wildman–Crippen MR) is 96.3 cm³/mol. The molecule has 0 saturated heterocycles. The largest absolute Gasteiger partial charge is 0.464 e. The molecule has 0 unspecified atom stereocenters. The SMILES string of the molecule is COC(=O)[C@]1(O)C=C(c2ccccc2)c2cc(C(C)(C)C)ccc2O1. The number of ether oxygens (including phenoxy) is 2. The summed E-state index contributed by atoms with van der Waals surface area (Å²) in [6.45, 7) is 6.40. The first-order valence-corrected chi connectivity index (χ1v) is 8.17. The minimum atomic E-state index is -2.14. The van der Waals surface area contributed by atoms with E-state index in [-0.39, 0.29) is 5.41 Å². The number of aliphatic hydroxyl groups is 1. The fourth-order valence-electron chi connectivity index (χ4n) is 2.87. The highest BCUT2D eigenvalue weighted by molar-refractivity contribution is 5.91. The van der Waals surface area contributed by atoms with Gasteiger partial charge in [0.1, 0.15) is 5.75 Å². The smallest absolute Gasteiger partial charge is 0.383 e. The summed E-state index contributed by atoms with van der Waals surface area (Å²) in [5.74, 6) is -2.55. The maximum atomic E-state index is 12.1. The van der Waals surface area contributed by atoms with Crippen molar-refractivity contribution >= 4 is 11.5 Å². The lowest BCUT2D eigenvalue weighted by Gasteiger charge is -2.31. The molecule has 25 heavy (non-hydrogen) atoms. The Bertz CT molecular complexity index is 831. The van der Waals surface area contributed by atoms with E-state index < -0.39 is 11.8 Å². The zero-order valence-corrected chi connectivity index (χ0v) is 14.9. The van der Waals surface area contributed by atoms with Gasteiger partial charge in [0.15, 0.2) is 0 Å². The lowest BCUT2D eigenvalue weighted by molar-refractivity contribution is -0.183. The normalized spacial score (nSPS) is 19.5. The van der Waals surface area contributed by atoms with Crippen LogP contribution < -0.4 is 4.74 Å². The molecule has 0 aliphatic carbocycles. The molecule has 1 atom stereocenters. The second-order valence-electron chi connectivity index (χ2n) is 7.18. The first kappa shape index (κ1) is 17.2. The van der Waals surface area contributed by atoms with Crippen LogP contribution in [0, 0.1) is 0 Å². The molecule has 1 heterocycles. The van der Waals surface area contributed by atoms with Crippen LogP contribution in [0.3, 0.4) is 0 Å². The Morgan fingerprint density at radius 2 is 1.80 bits per heavy atom. The van der Waals surface area contributed by atoms with Crippen molar-refractivity contribution in [1.82, 2.24) is 0 Å². The van der Waals surface area contributed by atoms with Crippen LogP contribution in [0.25, 0.3) is 5.57 Å². The predicted octanol–water partition coefficient (Wildman–Crippen LogP) is 3.67. The van der Waals surface area contributed by atoms with E-state index in [1.165, 1.54) is 13.2 Å². The number of rotatable bonds is 2. The van der Waals surface area contributed by atoms with E-state index in [0.717, 1.165) is 22.3 Å². The third-order valence-electron chi connectivity index (χ3n) is 4.30. The second-order valence-corrected chi connectivity index (χ2v) is 7.18. The molecule has 2 aromatic carbocycles. The van der Waals surface area contributed by atoms with Gasteiger partial charge in [0.25, 0.3) is 0 Å². The highest BCUT2D eigenvalue weighted by Crippen LogP contribution is 2.41. The van der Waals surface area contributed by atoms with Crippen molar-refractivity contribution in [2.24, 2.45) is 0 Å². The van der Waals surface area contributed by atoms with E-state index in [1.807, 2.05) is 42.5 Å². The molecule has 0 amide bonds. The van der Waals surface area contributed by atoms with E-state index in [9.17, 15) is 9.90 Å². The molecule has 4 heteroatoms. The highest BCUT2D eigenvalue weighted by Gasteiger charge is 2.42. The zero-order chi connectivity index (χ0) is 18.2. The number of benzene rings is 2. The third kappa shape index (κ3) is 3.17. The third-order valence-corrected chi connectivity index (χ3v) is 4.30. The van der Waals surface area contributed by atoms with Gasteiger partial charge in [0, 0.05) is 11.6 Å². The molecule has 1 aliphatic rings. The molecule has 3 rings (SSSR count). The van der Waals surface area contributed by atoms with Gasteiger partial charge in [-0.1, -0.05) is 57.2 Å². The highest BCUT2D eigenvalue weighted by atomic mass is 16.7. The molecule has 4 nitrogen and oxygen atoms in total. The summed E-state index contributed by atoms with van der Waals surface area (Å²) in [5.41, 5.74) is 3.57. The summed E-state index contributed by atoms with van der Waals surface area (Å²) in [4.78, 5) is 12.1. The Kier molecular flexibility index (Phi) is 4.17. The summed E-state index contributed by atoms with van der Waals surface area (Å²) in [6, 6.07) is 15.4. The minimum absolute atomic E-state index is 0.0348. The summed E-state index contributed by atoms with van der Waals surface area (Å²) in [7, 11) is 1.22. The first-order valence-electron chi connectivity index (χ1n) is 8.17. The Morgan fingerprint density at radius 3 is 2.40 bits per heavy atom. The number of methoxy groups -OCH3 is 1. The Morgan fingerprint density at radius 1 is 1.12 bits per heavy atom. The van der Waals surface area contributed by atoms with Crippen LogP contribution >= 0.6 is 0 Å². The summed E-state index contributed by atoms with van der Waals surface area (Å²) in [6.07, 6.45) is 1.42. The first-order chi connectivity index (χ1) is 11.7. The van der Waals surface area contributed by atoms with Crippen LogP contribution in [0.4, 0.5) is 0 Å². The number of fused-ring (bicyclic) bond motifs is 1. The Labute approximate surface area is 147 Å². The van der Waals surface area contributed by atoms with Crippen molar-refractivity contribution < 1.29 is 19.4 Å². The van der Waals surface area contributed by atoms with Crippen molar-refractivity contribution in [3.05, 3.63) is 71.3 Å². The van der Waals surface area contributed by atoms with Crippen LogP contribution in [-0.2, 0) is 14.9 Å². The molecule has 0 spiro atoms. The average molecular weight is 338 g/mol. The van der Waals surface area contributed by atoms with Crippen LogP contribution in [0.1, 0.15) is 37.5 Å². The van der Waals surface area contributed by atoms with E-state index in [4.69, 9.17) is 9.47 Å². The average Bonchev–Trinajstić information content (AvgIpc) is 2.59. The van der Waals surface area contributed by atoms with Crippen molar-refractivity contribution in [2.75, 3.05) is 7.11 Å². The second kappa shape index (κ2) is 6.05. The van der Waals surface area contributed by atoms with Crippen LogP contribution in [0.15, 0.2) is 54.6 Å². The lowest BCUT2D eigenvalue weighted by Crippen LogP contribution is -2.45. The van der Waals surface area contributed by atoms with Gasteiger partial charge >= 0.3 is 11.8 Å². The topological polar surface area (TPSA) is 55.8 Å². The fraction of sp³-hybridized carbons (Fsp3) is 0.286. The molecule has 0 aromatic heterocycles. The molecule has 0 bridgehead atoms. The van der Waals surface area contributed by atoms with Gasteiger partial charge in [0.05, 0.1) is 7.11 Å². The summed E-state index contributed by atoms with van der Waals surface area (Å²) < 4.78 is 10.3. The van der Waals surface area contributed by atoms with Crippen LogP contribution in [0.2, 0.25) is 0 Å².